The topological polar surface area (TPSA) is 198 Å². The molecule has 2 aromatic heterocycles. The molecule has 0 aliphatic carbocycles. The second kappa shape index (κ2) is 13.2. The molecule has 0 bridgehead atoms. The molecule has 0 spiro atoms. The van der Waals surface area contributed by atoms with Crippen molar-refractivity contribution in [2.75, 3.05) is 0 Å². The summed E-state index contributed by atoms with van der Waals surface area (Å²) in [5.74, 6) is -0.501. The third-order valence-electron chi connectivity index (χ3n) is 7.18. The summed E-state index contributed by atoms with van der Waals surface area (Å²) < 4.78 is 7.05. The number of carbonyl (C=O) groups is 1. The van der Waals surface area contributed by atoms with Crippen molar-refractivity contribution in [3.63, 3.8) is 0 Å². The number of aliphatic hydroxyl groups excluding tert-OH is 4. The number of rotatable bonds is 11. The van der Waals surface area contributed by atoms with Gasteiger partial charge in [0, 0.05) is 23.5 Å². The Balaban J connectivity index is 1.25. The van der Waals surface area contributed by atoms with Gasteiger partial charge in [-0.25, -0.2) is 9.78 Å². The lowest BCUT2D eigenvalue weighted by Gasteiger charge is -2.37. The molecule has 4 aromatic rings. The number of nitrogens with zero attached hydrogens (tertiary/aromatic N) is 6. The predicted molar refractivity (Wildman–Crippen MR) is 150 cm³/mol. The lowest BCUT2D eigenvalue weighted by Crippen LogP contribution is -2.62. The lowest BCUT2D eigenvalue weighted by molar-refractivity contribution is -0.300. The SMILES string of the molecule is CCCCc1nc(Cl)c(CO)n1Cc1ccc(-c2ccc(-c3nnn(O[C@@H]4O[C@H](C(=O)O)[C@@H](O)[C@H](O)[C@H]4O)n3)cc2)cc1. The highest BCUT2D eigenvalue weighted by Crippen LogP contribution is 2.26. The fourth-order valence-electron chi connectivity index (χ4n) is 4.76. The lowest BCUT2D eigenvalue weighted by atomic mass is 9.99. The predicted octanol–water partition coefficient (Wildman–Crippen LogP) is 1.06. The van der Waals surface area contributed by atoms with Crippen molar-refractivity contribution >= 4 is 17.6 Å². The first kappa shape index (κ1) is 30.5. The van der Waals surface area contributed by atoms with Gasteiger partial charge in [0.2, 0.25) is 5.82 Å². The third kappa shape index (κ3) is 6.54. The number of aliphatic carboxylic acids is 1. The quantitative estimate of drug-likeness (QED) is 0.161. The number of carboxylic acid groups (broad SMARTS) is 1. The summed E-state index contributed by atoms with van der Waals surface area (Å²) >= 11 is 6.27. The van der Waals surface area contributed by atoms with E-state index in [0.29, 0.717) is 27.9 Å². The maximum Gasteiger partial charge on any atom is 0.335 e. The molecule has 1 fully saturated rings. The Morgan fingerprint density at radius 2 is 1.65 bits per heavy atom. The van der Waals surface area contributed by atoms with Crippen LogP contribution in [0.3, 0.4) is 0 Å². The molecule has 15 heteroatoms. The molecule has 228 valence electrons. The zero-order chi connectivity index (χ0) is 30.7. The summed E-state index contributed by atoms with van der Waals surface area (Å²) in [5.41, 5.74) is 4.16. The number of aryl methyl sites for hydroxylation is 1. The molecule has 1 saturated heterocycles. The third-order valence-corrected chi connectivity index (χ3v) is 7.49. The van der Waals surface area contributed by atoms with E-state index in [2.05, 4.69) is 27.3 Å². The van der Waals surface area contributed by atoms with Crippen LogP contribution < -0.4 is 4.84 Å². The zero-order valence-electron chi connectivity index (χ0n) is 23.1. The number of aromatic nitrogens is 6. The fourth-order valence-corrected chi connectivity index (χ4v) is 5.02. The van der Waals surface area contributed by atoms with Gasteiger partial charge in [0.1, 0.15) is 24.1 Å². The van der Waals surface area contributed by atoms with Crippen molar-refractivity contribution in [1.29, 1.82) is 0 Å². The second-order valence-electron chi connectivity index (χ2n) is 10.1. The van der Waals surface area contributed by atoms with Crippen molar-refractivity contribution in [3.05, 3.63) is 70.8 Å². The van der Waals surface area contributed by atoms with E-state index >= 15 is 0 Å². The maximum absolute atomic E-state index is 11.3. The minimum absolute atomic E-state index is 0.181. The van der Waals surface area contributed by atoms with Crippen LogP contribution >= 0.6 is 11.6 Å². The second-order valence-corrected chi connectivity index (χ2v) is 10.5. The highest BCUT2D eigenvalue weighted by Gasteiger charge is 2.48. The van der Waals surface area contributed by atoms with E-state index in [4.69, 9.17) is 21.2 Å². The summed E-state index contributed by atoms with van der Waals surface area (Å²) in [6.45, 7) is 2.46. The minimum atomic E-state index is -1.85. The van der Waals surface area contributed by atoms with Crippen LogP contribution in [-0.2, 0) is 29.1 Å². The summed E-state index contributed by atoms with van der Waals surface area (Å²) in [7, 11) is 0. The Morgan fingerprint density at radius 1 is 1.00 bits per heavy atom. The fraction of sp³-hybridized carbons (Fsp3) is 0.393. The first-order valence-corrected chi connectivity index (χ1v) is 14.0. The van der Waals surface area contributed by atoms with Crippen molar-refractivity contribution in [2.45, 2.75) is 70.0 Å². The maximum atomic E-state index is 11.3. The first-order chi connectivity index (χ1) is 20.7. The number of unbranched alkanes of at least 4 members (excludes halogenated alkanes) is 1. The Kier molecular flexibility index (Phi) is 9.34. The normalized spacial score (nSPS) is 22.0. The van der Waals surface area contributed by atoms with Gasteiger partial charge in [0.05, 0.1) is 12.3 Å². The molecule has 43 heavy (non-hydrogen) atoms. The molecule has 5 N–H and O–H groups in total. The van der Waals surface area contributed by atoms with E-state index in [0.717, 1.165) is 41.8 Å². The number of benzene rings is 2. The van der Waals surface area contributed by atoms with Gasteiger partial charge in [-0.2, -0.15) is 0 Å². The van der Waals surface area contributed by atoms with Crippen LogP contribution in [0.5, 0.6) is 0 Å². The van der Waals surface area contributed by atoms with E-state index < -0.39 is 36.7 Å². The molecule has 0 radical (unpaired) electrons. The number of ether oxygens (including phenoxy) is 1. The molecule has 2 aromatic carbocycles. The molecule has 1 aliphatic rings. The van der Waals surface area contributed by atoms with Crippen LogP contribution in [0.1, 0.15) is 36.8 Å². The molecule has 14 nitrogen and oxygen atoms in total. The number of hydrogen-bond donors (Lipinski definition) is 5. The monoisotopic (exact) mass is 614 g/mol. The Hall–Kier alpha value is -3.92. The van der Waals surface area contributed by atoms with E-state index in [1.165, 1.54) is 0 Å². The average Bonchev–Trinajstić information content (AvgIpc) is 3.60. The smallest absolute Gasteiger partial charge is 0.335 e. The number of aliphatic hydroxyl groups is 4. The Labute approximate surface area is 250 Å². The molecule has 0 unspecified atom stereocenters. The van der Waals surface area contributed by atoms with Crippen LogP contribution in [0.25, 0.3) is 22.5 Å². The van der Waals surface area contributed by atoms with E-state index in [1.54, 1.807) is 12.1 Å². The Bertz CT molecular complexity index is 1540. The van der Waals surface area contributed by atoms with Gasteiger partial charge in [0.15, 0.2) is 11.3 Å². The standard InChI is InChI=1S/C28H31ClN6O8/c1-2-3-4-20-30-25(29)19(14-36)34(20)13-15-5-7-16(8-6-15)17-9-11-18(12-10-17)26-31-33-35(32-26)43-28-23(39)21(37)22(38)24(42-28)27(40)41/h5-12,21-24,28,36-39H,2-4,13-14H2,1H3,(H,40,41)/t21-,22-,23+,24-,28-/m0/s1. The van der Waals surface area contributed by atoms with E-state index in [1.807, 2.05) is 41.0 Å². The zero-order valence-corrected chi connectivity index (χ0v) is 23.8. The van der Waals surface area contributed by atoms with Gasteiger partial charge in [-0.15, -0.1) is 5.10 Å². The van der Waals surface area contributed by atoms with Crippen LogP contribution in [0, 0.1) is 0 Å². The van der Waals surface area contributed by atoms with Gasteiger partial charge in [-0.3, -0.25) is 0 Å². The molecule has 1 aliphatic heterocycles. The van der Waals surface area contributed by atoms with Gasteiger partial charge in [-0.1, -0.05) is 78.6 Å². The van der Waals surface area contributed by atoms with Crippen LogP contribution in [0.15, 0.2) is 48.5 Å². The number of imidazole rings is 1. The molecule has 0 saturated carbocycles. The van der Waals surface area contributed by atoms with Crippen molar-refractivity contribution in [1.82, 2.24) is 29.9 Å². The van der Waals surface area contributed by atoms with Gasteiger partial charge in [-0.05, 0) is 28.3 Å². The van der Waals surface area contributed by atoms with Gasteiger partial charge in [0.25, 0.3) is 6.29 Å². The molecular weight excluding hydrogens is 584 g/mol. The number of halogens is 1. The highest BCUT2D eigenvalue weighted by molar-refractivity contribution is 6.30. The molecule has 3 heterocycles. The molecule has 5 atom stereocenters. The Morgan fingerprint density at radius 3 is 2.28 bits per heavy atom. The van der Waals surface area contributed by atoms with Crippen LogP contribution in [-0.4, -0.2) is 92.1 Å². The van der Waals surface area contributed by atoms with E-state index in [-0.39, 0.29) is 12.4 Å². The number of hydrogen-bond acceptors (Lipinski definition) is 11. The molecule has 0 amide bonds. The van der Waals surface area contributed by atoms with Crippen LogP contribution in [0.4, 0.5) is 0 Å². The first-order valence-electron chi connectivity index (χ1n) is 13.6. The average molecular weight is 615 g/mol. The largest absolute Gasteiger partial charge is 0.479 e. The molecular formula is C28H31ClN6O8. The highest BCUT2D eigenvalue weighted by atomic mass is 35.5. The van der Waals surface area contributed by atoms with Crippen molar-refractivity contribution in [2.24, 2.45) is 0 Å². The summed E-state index contributed by atoms with van der Waals surface area (Å²) in [5, 5.41) is 61.0. The number of carboxylic acids is 1. The molecule has 5 rings (SSSR count). The van der Waals surface area contributed by atoms with Crippen LogP contribution in [0.2, 0.25) is 5.15 Å². The summed E-state index contributed by atoms with van der Waals surface area (Å²) in [6, 6.07) is 15.4. The summed E-state index contributed by atoms with van der Waals surface area (Å²) in [6.07, 6.45) is -6.14. The number of tetrazole rings is 1. The van der Waals surface area contributed by atoms with E-state index in [9.17, 15) is 30.3 Å². The van der Waals surface area contributed by atoms with Crippen molar-refractivity contribution in [3.8, 4) is 22.5 Å². The minimum Gasteiger partial charge on any atom is -0.479 e. The van der Waals surface area contributed by atoms with Crippen molar-refractivity contribution < 1.29 is 39.9 Å². The van der Waals surface area contributed by atoms with Gasteiger partial charge < -0.3 is 39.7 Å². The van der Waals surface area contributed by atoms with Gasteiger partial charge >= 0.3 is 5.97 Å². The summed E-state index contributed by atoms with van der Waals surface area (Å²) in [4.78, 5) is 21.6.